The predicted molar refractivity (Wildman–Crippen MR) is 46.1 cm³/mol. The Morgan fingerprint density at radius 3 is 3.00 bits per heavy atom. The minimum atomic E-state index is 0.297. The highest BCUT2D eigenvalue weighted by atomic mass is 32.1. The third kappa shape index (κ3) is 1.08. The maximum Gasteiger partial charge on any atom is 0.284 e. The van der Waals surface area contributed by atoms with Crippen molar-refractivity contribution in [3.05, 3.63) is 23.2 Å². The lowest BCUT2D eigenvalue weighted by molar-refractivity contribution is 0.547. The van der Waals surface area contributed by atoms with Crippen molar-refractivity contribution < 1.29 is 4.42 Å². The third-order valence-corrected chi connectivity index (χ3v) is 1.78. The van der Waals surface area contributed by atoms with Gasteiger partial charge in [0.15, 0.2) is 0 Å². The first-order valence-corrected chi connectivity index (χ1v) is 3.85. The van der Waals surface area contributed by atoms with Crippen LogP contribution in [0.25, 0.3) is 11.6 Å². The topological polar surface area (TPSA) is 46.8 Å². The Morgan fingerprint density at radius 1 is 1.67 bits per heavy atom. The quantitative estimate of drug-likeness (QED) is 0.681. The standard InChI is InChI=1S/C7H7N3OS/c1-10-4-2-3-5(10)6-8-9-7(12)11-6/h2-4H,1H3,(H,9,12). The molecule has 2 rings (SSSR count). The fraction of sp³-hybridized carbons (Fsp3) is 0.143. The smallest absolute Gasteiger partial charge is 0.284 e. The first-order chi connectivity index (χ1) is 5.77. The summed E-state index contributed by atoms with van der Waals surface area (Å²) in [7, 11) is 1.92. The van der Waals surface area contributed by atoms with Crippen LogP contribution in [-0.2, 0) is 7.05 Å². The summed E-state index contributed by atoms with van der Waals surface area (Å²) in [6.45, 7) is 0. The molecule has 0 aliphatic carbocycles. The van der Waals surface area contributed by atoms with Crippen molar-refractivity contribution in [2.75, 3.05) is 0 Å². The number of aromatic amines is 1. The molecule has 0 radical (unpaired) electrons. The van der Waals surface area contributed by atoms with Gasteiger partial charge in [-0.05, 0) is 24.4 Å². The lowest BCUT2D eigenvalue weighted by Crippen LogP contribution is -1.88. The van der Waals surface area contributed by atoms with Gasteiger partial charge in [0.2, 0.25) is 0 Å². The highest BCUT2D eigenvalue weighted by Gasteiger charge is 2.05. The Balaban J connectivity index is 2.57. The number of H-pyrrole nitrogens is 1. The molecule has 4 nitrogen and oxygen atoms in total. The number of aromatic nitrogens is 3. The van der Waals surface area contributed by atoms with E-state index in [1.807, 2.05) is 29.9 Å². The maximum absolute atomic E-state index is 5.14. The fourth-order valence-electron chi connectivity index (χ4n) is 1.02. The van der Waals surface area contributed by atoms with Crippen molar-refractivity contribution in [1.29, 1.82) is 0 Å². The van der Waals surface area contributed by atoms with Crippen LogP contribution in [0.1, 0.15) is 0 Å². The van der Waals surface area contributed by atoms with Crippen molar-refractivity contribution in [2.45, 2.75) is 0 Å². The second-order valence-electron chi connectivity index (χ2n) is 2.42. The molecule has 0 unspecified atom stereocenters. The van der Waals surface area contributed by atoms with Crippen molar-refractivity contribution in [2.24, 2.45) is 7.05 Å². The second-order valence-corrected chi connectivity index (χ2v) is 2.79. The van der Waals surface area contributed by atoms with E-state index in [0.29, 0.717) is 10.7 Å². The minimum Gasteiger partial charge on any atom is -0.408 e. The van der Waals surface area contributed by atoms with E-state index in [1.165, 1.54) is 0 Å². The van der Waals surface area contributed by atoms with Crippen LogP contribution in [0.15, 0.2) is 22.7 Å². The van der Waals surface area contributed by atoms with E-state index in [9.17, 15) is 0 Å². The molecule has 0 aromatic carbocycles. The first-order valence-electron chi connectivity index (χ1n) is 3.44. The average Bonchev–Trinajstić information content (AvgIpc) is 2.58. The van der Waals surface area contributed by atoms with Gasteiger partial charge in [0.1, 0.15) is 5.69 Å². The molecular formula is C7H7N3OS. The van der Waals surface area contributed by atoms with Gasteiger partial charge in [0, 0.05) is 13.2 Å². The fourth-order valence-corrected chi connectivity index (χ4v) is 1.15. The lowest BCUT2D eigenvalue weighted by Gasteiger charge is -1.94. The Bertz CT molecular complexity index is 439. The van der Waals surface area contributed by atoms with Gasteiger partial charge in [-0.2, -0.15) is 0 Å². The molecule has 0 atom stereocenters. The first kappa shape index (κ1) is 7.30. The van der Waals surface area contributed by atoms with E-state index in [1.54, 1.807) is 0 Å². The molecule has 0 fully saturated rings. The Morgan fingerprint density at radius 2 is 2.50 bits per heavy atom. The highest BCUT2D eigenvalue weighted by Crippen LogP contribution is 2.15. The molecule has 2 heterocycles. The van der Waals surface area contributed by atoms with E-state index in [4.69, 9.17) is 16.6 Å². The molecule has 0 aliphatic rings. The van der Waals surface area contributed by atoms with Crippen LogP contribution < -0.4 is 0 Å². The lowest BCUT2D eigenvalue weighted by atomic mass is 10.4. The third-order valence-electron chi connectivity index (χ3n) is 1.60. The monoisotopic (exact) mass is 181 g/mol. The molecule has 0 saturated carbocycles. The predicted octanol–water partition coefficient (Wildman–Crippen LogP) is 1.74. The van der Waals surface area contributed by atoms with Crippen LogP contribution >= 0.6 is 12.2 Å². The van der Waals surface area contributed by atoms with Crippen LogP contribution in [0.5, 0.6) is 0 Å². The second kappa shape index (κ2) is 2.60. The van der Waals surface area contributed by atoms with Crippen molar-refractivity contribution >= 4 is 12.2 Å². The van der Waals surface area contributed by atoms with Gasteiger partial charge >= 0.3 is 0 Å². The molecule has 1 N–H and O–H groups in total. The van der Waals surface area contributed by atoms with Crippen LogP contribution in [0, 0.1) is 4.84 Å². The SMILES string of the molecule is Cn1cccc1-c1n[nH]c(=S)o1. The number of hydrogen-bond acceptors (Lipinski definition) is 3. The van der Waals surface area contributed by atoms with E-state index < -0.39 is 0 Å². The molecule has 5 heteroatoms. The van der Waals surface area contributed by atoms with Crippen LogP contribution in [0.3, 0.4) is 0 Å². The Kier molecular flexibility index (Phi) is 1.58. The largest absolute Gasteiger partial charge is 0.408 e. The summed E-state index contributed by atoms with van der Waals surface area (Å²) < 4.78 is 7.05. The molecule has 0 amide bonds. The highest BCUT2D eigenvalue weighted by molar-refractivity contribution is 7.71. The summed E-state index contributed by atoms with van der Waals surface area (Å²) in [6, 6.07) is 3.83. The zero-order valence-electron chi connectivity index (χ0n) is 6.44. The summed E-state index contributed by atoms with van der Waals surface area (Å²) in [4.78, 5) is 0.297. The van der Waals surface area contributed by atoms with E-state index in [0.717, 1.165) is 5.69 Å². The van der Waals surface area contributed by atoms with E-state index in [-0.39, 0.29) is 0 Å². The molecule has 12 heavy (non-hydrogen) atoms. The van der Waals surface area contributed by atoms with Gasteiger partial charge in [-0.25, -0.2) is 5.10 Å². The molecule has 0 bridgehead atoms. The summed E-state index contributed by atoms with van der Waals surface area (Å²) in [5.74, 6) is 0.521. The molecule has 0 aliphatic heterocycles. The molecule has 2 aromatic heterocycles. The van der Waals surface area contributed by atoms with Gasteiger partial charge in [-0.1, -0.05) is 0 Å². The van der Waals surface area contributed by atoms with Crippen molar-refractivity contribution in [1.82, 2.24) is 14.8 Å². The van der Waals surface area contributed by atoms with Gasteiger partial charge in [0.25, 0.3) is 10.7 Å². The molecule has 0 spiro atoms. The van der Waals surface area contributed by atoms with Crippen LogP contribution in [-0.4, -0.2) is 14.8 Å². The van der Waals surface area contributed by atoms with Gasteiger partial charge < -0.3 is 8.98 Å². The summed E-state index contributed by atoms with van der Waals surface area (Å²) in [5, 5.41) is 6.47. The summed E-state index contributed by atoms with van der Waals surface area (Å²) in [6.07, 6.45) is 1.92. The van der Waals surface area contributed by atoms with E-state index in [2.05, 4.69) is 10.2 Å². The van der Waals surface area contributed by atoms with Crippen LogP contribution in [0.2, 0.25) is 0 Å². The zero-order valence-corrected chi connectivity index (χ0v) is 7.26. The number of aryl methyl sites for hydroxylation is 1. The Labute approximate surface area is 73.8 Å². The van der Waals surface area contributed by atoms with Crippen molar-refractivity contribution in [3.63, 3.8) is 0 Å². The molecular weight excluding hydrogens is 174 g/mol. The molecule has 0 saturated heterocycles. The van der Waals surface area contributed by atoms with E-state index >= 15 is 0 Å². The molecule has 2 aromatic rings. The number of rotatable bonds is 1. The summed E-state index contributed by atoms with van der Waals surface area (Å²) >= 11 is 4.76. The zero-order chi connectivity index (χ0) is 8.55. The average molecular weight is 181 g/mol. The van der Waals surface area contributed by atoms with Crippen molar-refractivity contribution in [3.8, 4) is 11.6 Å². The number of nitrogens with zero attached hydrogens (tertiary/aromatic N) is 2. The summed E-state index contributed by atoms with van der Waals surface area (Å²) in [5.41, 5.74) is 0.905. The maximum atomic E-state index is 5.14. The minimum absolute atomic E-state index is 0.297. The number of hydrogen-bond donors (Lipinski definition) is 1. The van der Waals surface area contributed by atoms with Gasteiger partial charge in [-0.3, -0.25) is 0 Å². The Hall–Kier alpha value is -1.36. The van der Waals surface area contributed by atoms with Gasteiger partial charge in [0.05, 0.1) is 0 Å². The normalized spacial score (nSPS) is 10.4. The van der Waals surface area contributed by atoms with Gasteiger partial charge in [-0.15, -0.1) is 5.10 Å². The number of nitrogens with one attached hydrogen (secondary N) is 1. The van der Waals surface area contributed by atoms with Crippen LogP contribution in [0.4, 0.5) is 0 Å². The molecule has 62 valence electrons.